The van der Waals surface area contributed by atoms with Gasteiger partial charge in [0.2, 0.25) is 5.65 Å². The van der Waals surface area contributed by atoms with Crippen molar-refractivity contribution in [3.05, 3.63) is 61.2 Å². The maximum Gasteiger partial charge on any atom is 0.203 e. The van der Waals surface area contributed by atoms with Crippen LogP contribution in [0, 0.1) is 0 Å². The van der Waals surface area contributed by atoms with Gasteiger partial charge in [-0.15, -0.1) is 15.3 Å². The van der Waals surface area contributed by atoms with Crippen LogP contribution >= 0.6 is 0 Å². The summed E-state index contributed by atoms with van der Waals surface area (Å²) in [4.78, 5) is 10.8. The molecule has 1 unspecified atom stereocenters. The summed E-state index contributed by atoms with van der Waals surface area (Å²) < 4.78 is 3.50. The van der Waals surface area contributed by atoms with Gasteiger partial charge in [0.1, 0.15) is 12.7 Å². The van der Waals surface area contributed by atoms with Crippen molar-refractivity contribution in [1.82, 2.24) is 39.7 Å². The second kappa shape index (κ2) is 6.98. The highest BCUT2D eigenvalue weighted by molar-refractivity contribution is 5.63. The van der Waals surface area contributed by atoms with E-state index in [2.05, 4.69) is 35.5 Å². The number of aliphatic hydroxyl groups excluding tert-OH is 1. The fourth-order valence-corrected chi connectivity index (χ4v) is 3.46. The molecule has 0 radical (unpaired) electrons. The van der Waals surface area contributed by atoms with Crippen molar-refractivity contribution in [1.29, 1.82) is 0 Å². The molecule has 4 aromatic rings. The highest BCUT2D eigenvalue weighted by Crippen LogP contribution is 2.22. The third-order valence-electron chi connectivity index (χ3n) is 4.85. The van der Waals surface area contributed by atoms with Crippen LogP contribution in [0.4, 0.5) is 5.82 Å². The van der Waals surface area contributed by atoms with Gasteiger partial charge in [-0.3, -0.25) is 9.72 Å². The Morgan fingerprint density at radius 1 is 1.14 bits per heavy atom. The number of para-hydroxylation sites is 1. The van der Waals surface area contributed by atoms with E-state index in [1.165, 1.54) is 0 Å². The van der Waals surface area contributed by atoms with Gasteiger partial charge in [-0.25, -0.2) is 14.6 Å². The molecule has 3 aromatic heterocycles. The Morgan fingerprint density at radius 2 is 2.04 bits per heavy atom. The van der Waals surface area contributed by atoms with Crippen molar-refractivity contribution in [2.75, 3.05) is 18.0 Å². The van der Waals surface area contributed by atoms with Crippen LogP contribution < -0.4 is 10.2 Å². The number of nitrogens with one attached hydrogen (secondary N) is 1. The number of aliphatic hydroxyl groups is 1. The summed E-state index contributed by atoms with van der Waals surface area (Å²) in [5.74, 6) is 1.14. The summed E-state index contributed by atoms with van der Waals surface area (Å²) in [6.07, 6.45) is 6.75. The van der Waals surface area contributed by atoms with Crippen LogP contribution in [0.15, 0.2) is 55.4 Å². The van der Waals surface area contributed by atoms with E-state index in [1.54, 1.807) is 23.5 Å². The van der Waals surface area contributed by atoms with Gasteiger partial charge in [-0.2, -0.15) is 0 Å². The first-order valence-corrected chi connectivity index (χ1v) is 9.08. The van der Waals surface area contributed by atoms with E-state index >= 15 is 0 Å². The number of benzene rings is 1. The Morgan fingerprint density at radius 3 is 2.93 bits per heavy atom. The van der Waals surface area contributed by atoms with Crippen molar-refractivity contribution in [2.45, 2.75) is 18.7 Å². The molecule has 28 heavy (non-hydrogen) atoms. The van der Waals surface area contributed by atoms with Crippen LogP contribution in [0.1, 0.15) is 18.5 Å². The maximum atomic E-state index is 10.5. The minimum atomic E-state index is -0.938. The van der Waals surface area contributed by atoms with Crippen molar-refractivity contribution in [3.63, 3.8) is 0 Å². The van der Waals surface area contributed by atoms with E-state index in [-0.39, 0.29) is 6.04 Å². The third-order valence-corrected chi connectivity index (χ3v) is 4.85. The van der Waals surface area contributed by atoms with Gasteiger partial charge in [-0.1, -0.05) is 18.2 Å². The lowest BCUT2D eigenvalue weighted by Gasteiger charge is -2.19. The van der Waals surface area contributed by atoms with Crippen molar-refractivity contribution >= 4 is 11.5 Å². The fourth-order valence-electron chi connectivity index (χ4n) is 3.46. The Bertz CT molecular complexity index is 1080. The van der Waals surface area contributed by atoms with E-state index in [0.29, 0.717) is 12.4 Å². The molecular formula is C18H19N9O. The first-order chi connectivity index (χ1) is 13.8. The largest absolute Gasteiger partial charge is 0.371 e. The van der Waals surface area contributed by atoms with E-state index in [9.17, 15) is 5.11 Å². The standard InChI is InChI=1S/C18H19N9O/c28-18(15-20-11-27(24-15)14-4-2-1-3-5-14)22-13-6-8-25(10-13)16-17-23-21-12-26(17)9-7-19-16/h1-5,7,9,11-13,18,22,28H,6,8,10H2/t13-,18?/m0/s1. The summed E-state index contributed by atoms with van der Waals surface area (Å²) >= 11 is 0. The van der Waals surface area contributed by atoms with Crippen LogP contribution in [0.5, 0.6) is 0 Å². The molecule has 10 nitrogen and oxygen atoms in total. The molecule has 1 aromatic carbocycles. The monoisotopic (exact) mass is 377 g/mol. The highest BCUT2D eigenvalue weighted by Gasteiger charge is 2.28. The topological polar surface area (TPSA) is 109 Å². The fraction of sp³-hybridized carbons (Fsp3) is 0.278. The molecular weight excluding hydrogens is 358 g/mol. The summed E-state index contributed by atoms with van der Waals surface area (Å²) in [5.41, 5.74) is 1.62. The zero-order valence-corrected chi connectivity index (χ0v) is 15.0. The molecule has 2 N–H and O–H groups in total. The summed E-state index contributed by atoms with van der Waals surface area (Å²) in [7, 11) is 0. The maximum absolute atomic E-state index is 10.5. The molecule has 2 atom stereocenters. The minimum Gasteiger partial charge on any atom is -0.371 e. The van der Waals surface area contributed by atoms with Gasteiger partial charge in [0, 0.05) is 31.5 Å². The number of fused-ring (bicyclic) bond motifs is 1. The zero-order chi connectivity index (χ0) is 18.9. The van der Waals surface area contributed by atoms with Gasteiger partial charge in [0.05, 0.1) is 5.69 Å². The minimum absolute atomic E-state index is 0.0867. The first kappa shape index (κ1) is 16.8. The number of hydrogen-bond acceptors (Lipinski definition) is 8. The van der Waals surface area contributed by atoms with Gasteiger partial charge in [0.15, 0.2) is 17.9 Å². The quantitative estimate of drug-likeness (QED) is 0.486. The lowest BCUT2D eigenvalue weighted by Crippen LogP contribution is -2.36. The summed E-state index contributed by atoms with van der Waals surface area (Å²) in [5, 5.41) is 26.2. The van der Waals surface area contributed by atoms with Crippen molar-refractivity contribution in [2.24, 2.45) is 0 Å². The lowest BCUT2D eigenvalue weighted by atomic mass is 10.2. The number of hydrogen-bond donors (Lipinski definition) is 2. The second-order valence-electron chi connectivity index (χ2n) is 6.70. The summed E-state index contributed by atoms with van der Waals surface area (Å²) in [6.45, 7) is 1.52. The first-order valence-electron chi connectivity index (χ1n) is 9.08. The van der Waals surface area contributed by atoms with Crippen LogP contribution in [0.25, 0.3) is 11.3 Å². The molecule has 142 valence electrons. The molecule has 1 fully saturated rings. The number of anilines is 1. The molecule has 1 aliphatic heterocycles. The van der Waals surface area contributed by atoms with Crippen LogP contribution in [0.3, 0.4) is 0 Å². The summed E-state index contributed by atoms with van der Waals surface area (Å²) in [6, 6.07) is 9.77. The molecule has 1 saturated heterocycles. The molecule has 0 saturated carbocycles. The smallest absolute Gasteiger partial charge is 0.203 e. The van der Waals surface area contributed by atoms with Crippen LogP contribution in [0.2, 0.25) is 0 Å². The third kappa shape index (κ3) is 3.08. The van der Waals surface area contributed by atoms with Crippen molar-refractivity contribution in [3.8, 4) is 5.69 Å². The normalized spacial score (nSPS) is 18.0. The molecule has 4 heterocycles. The molecule has 0 aliphatic carbocycles. The van der Waals surface area contributed by atoms with Crippen LogP contribution in [-0.2, 0) is 0 Å². The Hall–Kier alpha value is -3.37. The van der Waals surface area contributed by atoms with E-state index in [1.807, 2.05) is 40.9 Å². The van der Waals surface area contributed by atoms with Gasteiger partial charge in [-0.05, 0) is 18.6 Å². The lowest BCUT2D eigenvalue weighted by molar-refractivity contribution is 0.117. The average Bonchev–Trinajstić information content (AvgIpc) is 3.48. The second-order valence-corrected chi connectivity index (χ2v) is 6.70. The van der Waals surface area contributed by atoms with Gasteiger partial charge < -0.3 is 10.0 Å². The highest BCUT2D eigenvalue weighted by atomic mass is 16.3. The molecule has 0 spiro atoms. The number of rotatable bonds is 5. The number of aromatic nitrogens is 7. The van der Waals surface area contributed by atoms with Gasteiger partial charge >= 0.3 is 0 Å². The van der Waals surface area contributed by atoms with E-state index in [0.717, 1.165) is 30.1 Å². The Balaban J connectivity index is 1.26. The molecule has 10 heteroatoms. The molecule has 0 amide bonds. The van der Waals surface area contributed by atoms with E-state index < -0.39 is 6.23 Å². The van der Waals surface area contributed by atoms with Crippen LogP contribution in [-0.4, -0.2) is 58.6 Å². The predicted octanol–water partition coefficient (Wildman–Crippen LogP) is 0.564. The molecule has 0 bridgehead atoms. The number of nitrogens with zero attached hydrogens (tertiary/aromatic N) is 8. The van der Waals surface area contributed by atoms with Crippen molar-refractivity contribution < 1.29 is 5.11 Å². The SMILES string of the molecule is OC(N[C@H]1CCN(c2nccn3cnnc23)C1)c1ncn(-c2ccccc2)n1. The molecule has 5 rings (SSSR count). The van der Waals surface area contributed by atoms with Gasteiger partial charge in [0.25, 0.3) is 0 Å². The zero-order valence-electron chi connectivity index (χ0n) is 15.0. The predicted molar refractivity (Wildman–Crippen MR) is 101 cm³/mol. The Labute approximate surface area is 160 Å². The Kier molecular flexibility index (Phi) is 4.18. The average molecular weight is 377 g/mol. The molecule has 1 aliphatic rings. The van der Waals surface area contributed by atoms with E-state index in [4.69, 9.17) is 0 Å².